The lowest BCUT2D eigenvalue weighted by molar-refractivity contribution is -0.159. The van der Waals surface area contributed by atoms with Gasteiger partial charge in [-0.15, -0.1) is 0 Å². The van der Waals surface area contributed by atoms with Crippen molar-refractivity contribution in [2.45, 2.75) is 39.5 Å². The highest BCUT2D eigenvalue weighted by Crippen LogP contribution is 2.37. The molecule has 0 spiro atoms. The summed E-state index contributed by atoms with van der Waals surface area (Å²) in [6.45, 7) is 3.16. The summed E-state index contributed by atoms with van der Waals surface area (Å²) in [5.41, 5.74) is -0.171. The molecule has 1 saturated heterocycles. The molecule has 3 rings (SSSR count). The van der Waals surface area contributed by atoms with Crippen LogP contribution in [0.5, 0.6) is 0 Å². The fourth-order valence-corrected chi connectivity index (χ4v) is 4.45. The molecular weight excluding hydrogens is 476 g/mol. The highest BCUT2D eigenvalue weighted by Gasteiger charge is 2.57. The molecule has 1 aliphatic rings. The molecule has 0 unspecified atom stereocenters. The number of imide groups is 2. The summed E-state index contributed by atoms with van der Waals surface area (Å²) >= 11 is 0. The van der Waals surface area contributed by atoms with Crippen LogP contribution in [-0.2, 0) is 41.5 Å². The van der Waals surface area contributed by atoms with Crippen LogP contribution in [0.15, 0.2) is 60.7 Å². The first kappa shape index (κ1) is 27.6. The first-order chi connectivity index (χ1) is 17.8. The van der Waals surface area contributed by atoms with Crippen molar-refractivity contribution in [3.8, 4) is 0 Å². The van der Waals surface area contributed by atoms with E-state index in [9.17, 15) is 24.0 Å². The van der Waals surface area contributed by atoms with Gasteiger partial charge in [-0.05, 0) is 37.8 Å². The van der Waals surface area contributed by atoms with Gasteiger partial charge in [-0.25, -0.2) is 4.79 Å². The number of barbiturate groups is 1. The summed E-state index contributed by atoms with van der Waals surface area (Å²) in [4.78, 5) is 67.5. The van der Waals surface area contributed by atoms with Crippen LogP contribution in [0.2, 0.25) is 0 Å². The molecule has 1 aliphatic heterocycles. The molecule has 0 radical (unpaired) electrons. The Morgan fingerprint density at radius 1 is 0.676 bits per heavy atom. The van der Waals surface area contributed by atoms with Crippen LogP contribution in [0.4, 0.5) is 4.79 Å². The molecular formula is C28H32N2O7. The lowest BCUT2D eigenvalue weighted by atomic mass is 9.72. The number of esters is 2. The molecule has 0 aromatic heterocycles. The maximum absolute atomic E-state index is 14.0. The summed E-state index contributed by atoms with van der Waals surface area (Å²) in [6.07, 6.45) is -0.338. The van der Waals surface area contributed by atoms with E-state index in [1.54, 1.807) is 13.8 Å². The van der Waals surface area contributed by atoms with E-state index in [2.05, 4.69) is 0 Å². The largest absolute Gasteiger partial charge is 0.466 e. The first-order valence-electron chi connectivity index (χ1n) is 12.4. The Morgan fingerprint density at radius 3 is 1.41 bits per heavy atom. The third-order valence-electron chi connectivity index (χ3n) is 6.16. The van der Waals surface area contributed by atoms with Gasteiger partial charge < -0.3 is 9.47 Å². The average molecular weight is 509 g/mol. The second kappa shape index (κ2) is 12.8. The van der Waals surface area contributed by atoms with Crippen molar-refractivity contribution in [2.24, 2.45) is 5.41 Å². The van der Waals surface area contributed by atoms with Crippen molar-refractivity contribution in [2.75, 3.05) is 26.3 Å². The van der Waals surface area contributed by atoms with E-state index in [0.717, 1.165) is 20.9 Å². The predicted molar refractivity (Wildman–Crippen MR) is 134 cm³/mol. The highest BCUT2D eigenvalue weighted by atomic mass is 16.5. The van der Waals surface area contributed by atoms with Gasteiger partial charge in [-0.3, -0.25) is 29.0 Å². The normalized spacial score (nSPS) is 15.0. The monoisotopic (exact) mass is 508 g/mol. The van der Waals surface area contributed by atoms with E-state index in [4.69, 9.17) is 9.47 Å². The van der Waals surface area contributed by atoms with Crippen molar-refractivity contribution >= 4 is 29.8 Å². The molecule has 0 bridgehead atoms. The number of hydrogen-bond donors (Lipinski definition) is 0. The fourth-order valence-electron chi connectivity index (χ4n) is 4.45. The standard InChI is InChI=1S/C28H32N2O7/c1-3-36-23(31)15-17-29-25(33)28(19-21-11-7-5-8-12-21,20-22-13-9-6-10-14-22)26(34)30(27(29)35)18-16-24(32)37-4-2/h5-14H,3-4,15-20H2,1-2H3. The molecule has 0 N–H and O–H groups in total. The minimum absolute atomic E-state index is 0.0412. The van der Waals surface area contributed by atoms with Crippen LogP contribution < -0.4 is 0 Å². The zero-order valence-electron chi connectivity index (χ0n) is 21.2. The Hall–Kier alpha value is -4.01. The Morgan fingerprint density at radius 2 is 1.05 bits per heavy atom. The van der Waals surface area contributed by atoms with Gasteiger partial charge in [-0.2, -0.15) is 0 Å². The van der Waals surface area contributed by atoms with Gasteiger partial charge in [0.25, 0.3) is 0 Å². The smallest absolute Gasteiger partial charge is 0.333 e. The van der Waals surface area contributed by atoms with E-state index >= 15 is 0 Å². The molecule has 37 heavy (non-hydrogen) atoms. The van der Waals surface area contributed by atoms with Crippen LogP contribution in [0.3, 0.4) is 0 Å². The molecule has 2 aromatic carbocycles. The van der Waals surface area contributed by atoms with E-state index in [1.807, 2.05) is 60.7 Å². The molecule has 0 atom stereocenters. The fraction of sp³-hybridized carbons (Fsp3) is 0.393. The van der Waals surface area contributed by atoms with Crippen molar-refractivity contribution in [3.05, 3.63) is 71.8 Å². The highest BCUT2D eigenvalue weighted by molar-refractivity contribution is 6.19. The number of carbonyl (C=O) groups excluding carboxylic acids is 5. The summed E-state index contributed by atoms with van der Waals surface area (Å²) in [5.74, 6) is -2.47. The average Bonchev–Trinajstić information content (AvgIpc) is 2.89. The molecule has 1 fully saturated rings. The number of carbonyl (C=O) groups is 5. The molecule has 9 heteroatoms. The second-order valence-electron chi connectivity index (χ2n) is 8.71. The summed E-state index contributed by atoms with van der Waals surface area (Å²) in [6, 6.07) is 17.3. The van der Waals surface area contributed by atoms with Gasteiger partial charge in [0, 0.05) is 13.1 Å². The minimum atomic E-state index is -1.65. The zero-order valence-corrected chi connectivity index (χ0v) is 21.2. The second-order valence-corrected chi connectivity index (χ2v) is 8.71. The molecule has 2 aromatic rings. The summed E-state index contributed by atoms with van der Waals surface area (Å²) < 4.78 is 9.94. The van der Waals surface area contributed by atoms with E-state index < -0.39 is 35.2 Å². The number of amides is 4. The maximum Gasteiger partial charge on any atom is 0.333 e. The van der Waals surface area contributed by atoms with E-state index in [-0.39, 0.29) is 52.0 Å². The minimum Gasteiger partial charge on any atom is -0.466 e. The maximum atomic E-state index is 14.0. The van der Waals surface area contributed by atoms with Crippen LogP contribution in [0, 0.1) is 5.41 Å². The van der Waals surface area contributed by atoms with E-state index in [1.165, 1.54) is 0 Å². The Bertz CT molecular complexity index is 1030. The lowest BCUT2D eigenvalue weighted by Gasteiger charge is -2.44. The molecule has 4 amide bonds. The SMILES string of the molecule is CCOC(=O)CCN1C(=O)N(CCC(=O)OCC)C(=O)C(Cc2ccccc2)(Cc2ccccc2)C1=O. The van der Waals surface area contributed by atoms with Crippen LogP contribution in [-0.4, -0.2) is 65.9 Å². The van der Waals surface area contributed by atoms with Gasteiger partial charge in [-0.1, -0.05) is 60.7 Å². The summed E-state index contributed by atoms with van der Waals surface area (Å²) in [7, 11) is 0. The van der Waals surface area contributed by atoms with E-state index in [0.29, 0.717) is 0 Å². The molecule has 0 saturated carbocycles. The third-order valence-corrected chi connectivity index (χ3v) is 6.16. The van der Waals surface area contributed by atoms with Gasteiger partial charge in [0.05, 0.1) is 26.1 Å². The van der Waals surface area contributed by atoms with Crippen molar-refractivity contribution in [3.63, 3.8) is 0 Å². The van der Waals surface area contributed by atoms with Crippen LogP contribution >= 0.6 is 0 Å². The number of rotatable bonds is 12. The first-order valence-corrected chi connectivity index (χ1v) is 12.4. The lowest BCUT2D eigenvalue weighted by Crippen LogP contribution is -2.67. The van der Waals surface area contributed by atoms with Crippen molar-refractivity contribution < 1.29 is 33.4 Å². The number of urea groups is 1. The number of benzene rings is 2. The zero-order chi connectivity index (χ0) is 26.8. The Kier molecular flexibility index (Phi) is 9.54. The Labute approximate surface area is 216 Å². The Balaban J connectivity index is 2.05. The van der Waals surface area contributed by atoms with Gasteiger partial charge in [0.2, 0.25) is 11.8 Å². The third kappa shape index (κ3) is 6.61. The van der Waals surface area contributed by atoms with Crippen molar-refractivity contribution in [1.82, 2.24) is 9.80 Å². The van der Waals surface area contributed by atoms with Crippen LogP contribution in [0.1, 0.15) is 37.8 Å². The number of ether oxygens (including phenoxy) is 2. The topological polar surface area (TPSA) is 110 Å². The van der Waals surface area contributed by atoms with Gasteiger partial charge >= 0.3 is 18.0 Å². The van der Waals surface area contributed by atoms with Gasteiger partial charge in [0.1, 0.15) is 5.41 Å². The molecule has 1 heterocycles. The van der Waals surface area contributed by atoms with Gasteiger partial charge in [0.15, 0.2) is 0 Å². The number of nitrogens with zero attached hydrogens (tertiary/aromatic N) is 2. The molecule has 9 nitrogen and oxygen atoms in total. The molecule has 0 aliphatic carbocycles. The predicted octanol–water partition coefficient (Wildman–Crippen LogP) is 3.16. The quantitative estimate of drug-likeness (QED) is 0.320. The number of hydrogen-bond acceptors (Lipinski definition) is 7. The molecule has 196 valence electrons. The van der Waals surface area contributed by atoms with Crippen LogP contribution in [0.25, 0.3) is 0 Å². The van der Waals surface area contributed by atoms with Crippen molar-refractivity contribution in [1.29, 1.82) is 0 Å². The summed E-state index contributed by atoms with van der Waals surface area (Å²) in [5, 5.41) is 0.